The number of ether oxygens (including phenoxy) is 2. The van der Waals surface area contributed by atoms with E-state index in [0.717, 1.165) is 38.5 Å². The number of carbonyl (C=O) groups is 1. The first-order chi connectivity index (χ1) is 24.8. The Morgan fingerprint density at radius 1 is 0.647 bits per heavy atom. The predicted octanol–water partition coefficient (Wildman–Crippen LogP) is 7.94. The molecule has 0 saturated carbocycles. The van der Waals surface area contributed by atoms with Crippen LogP contribution in [0.25, 0.3) is 0 Å². The summed E-state index contributed by atoms with van der Waals surface area (Å²) in [7, 11) is 0. The number of carbonyl (C=O) groups excluding carboxylic acids is 1. The van der Waals surface area contributed by atoms with E-state index in [1.165, 1.54) is 122 Å². The van der Waals surface area contributed by atoms with E-state index >= 15 is 0 Å². The van der Waals surface area contributed by atoms with Crippen LogP contribution in [-0.4, -0.2) is 87.5 Å². The Labute approximate surface area is 311 Å². The molecule has 300 valence electrons. The van der Waals surface area contributed by atoms with E-state index < -0.39 is 49.5 Å². The standard InChI is InChI=1S/C42H79NO8/c1-3-5-7-9-11-13-15-16-17-18-19-20-21-22-24-26-28-30-32-38(46)43-35(34-50-42-41(49)40(48)39(47)37(33-44)51-42)36(45)31-29-27-25-23-14-12-10-8-6-4-2/h14,23,29,31,35-37,39-42,44-45,47-49H,3-13,15-22,24-28,30,32-34H2,1-2H3,(H,43,46)/b23-14+,31-29+. The zero-order valence-electron chi connectivity index (χ0n) is 32.6. The minimum atomic E-state index is -1.57. The molecule has 1 amide bonds. The van der Waals surface area contributed by atoms with Crippen LogP contribution in [0.15, 0.2) is 24.3 Å². The summed E-state index contributed by atoms with van der Waals surface area (Å²) >= 11 is 0. The first-order valence-electron chi connectivity index (χ1n) is 21.1. The summed E-state index contributed by atoms with van der Waals surface area (Å²) < 4.78 is 11.1. The van der Waals surface area contributed by atoms with Gasteiger partial charge in [-0.3, -0.25) is 4.79 Å². The van der Waals surface area contributed by atoms with Crippen LogP contribution in [0.3, 0.4) is 0 Å². The highest BCUT2D eigenvalue weighted by molar-refractivity contribution is 5.76. The molecule has 0 bridgehead atoms. The van der Waals surface area contributed by atoms with Crippen LogP contribution in [0.1, 0.15) is 181 Å². The van der Waals surface area contributed by atoms with Crippen molar-refractivity contribution in [1.29, 1.82) is 0 Å². The summed E-state index contributed by atoms with van der Waals surface area (Å²) in [5.74, 6) is -0.188. The fourth-order valence-corrected chi connectivity index (χ4v) is 6.58. The molecule has 6 N–H and O–H groups in total. The van der Waals surface area contributed by atoms with E-state index in [-0.39, 0.29) is 12.5 Å². The Bertz CT molecular complexity index is 853. The molecule has 1 aliphatic rings. The highest BCUT2D eigenvalue weighted by atomic mass is 16.7. The maximum Gasteiger partial charge on any atom is 0.220 e. The third kappa shape index (κ3) is 24.6. The third-order valence-electron chi connectivity index (χ3n) is 10.0. The Morgan fingerprint density at radius 3 is 1.65 bits per heavy atom. The monoisotopic (exact) mass is 726 g/mol. The maximum absolute atomic E-state index is 12.9. The minimum Gasteiger partial charge on any atom is -0.394 e. The fraction of sp³-hybridized carbons (Fsp3) is 0.881. The second-order valence-corrected chi connectivity index (χ2v) is 14.8. The number of nitrogens with one attached hydrogen (secondary N) is 1. The Hall–Kier alpha value is -1.33. The van der Waals surface area contributed by atoms with E-state index in [1.54, 1.807) is 6.08 Å². The van der Waals surface area contributed by atoms with E-state index in [2.05, 4.69) is 31.3 Å². The number of amides is 1. The molecule has 1 aliphatic heterocycles. The molecule has 0 aromatic carbocycles. The highest BCUT2D eigenvalue weighted by Crippen LogP contribution is 2.22. The molecule has 0 spiro atoms. The molecular weight excluding hydrogens is 646 g/mol. The molecule has 7 unspecified atom stereocenters. The normalized spacial score (nSPS) is 22.2. The molecule has 1 fully saturated rings. The number of aliphatic hydroxyl groups is 5. The first-order valence-corrected chi connectivity index (χ1v) is 21.1. The lowest BCUT2D eigenvalue weighted by Gasteiger charge is -2.40. The van der Waals surface area contributed by atoms with Gasteiger partial charge in [0.2, 0.25) is 5.91 Å². The predicted molar refractivity (Wildman–Crippen MR) is 207 cm³/mol. The van der Waals surface area contributed by atoms with Crippen LogP contribution in [0.4, 0.5) is 0 Å². The van der Waals surface area contributed by atoms with E-state index in [0.29, 0.717) is 6.42 Å². The van der Waals surface area contributed by atoms with Gasteiger partial charge in [-0.05, 0) is 32.1 Å². The van der Waals surface area contributed by atoms with Gasteiger partial charge in [-0.1, -0.05) is 167 Å². The molecule has 51 heavy (non-hydrogen) atoms. The number of aliphatic hydroxyl groups excluding tert-OH is 5. The van der Waals surface area contributed by atoms with Crippen LogP contribution in [0.5, 0.6) is 0 Å². The van der Waals surface area contributed by atoms with Crippen molar-refractivity contribution in [2.75, 3.05) is 13.2 Å². The van der Waals surface area contributed by atoms with Crippen molar-refractivity contribution in [3.8, 4) is 0 Å². The van der Waals surface area contributed by atoms with Crippen molar-refractivity contribution in [3.05, 3.63) is 24.3 Å². The van der Waals surface area contributed by atoms with Gasteiger partial charge in [-0.15, -0.1) is 0 Å². The lowest BCUT2D eigenvalue weighted by Crippen LogP contribution is -2.60. The van der Waals surface area contributed by atoms with Crippen molar-refractivity contribution in [1.82, 2.24) is 5.32 Å². The van der Waals surface area contributed by atoms with Crippen molar-refractivity contribution in [3.63, 3.8) is 0 Å². The zero-order chi connectivity index (χ0) is 37.4. The Balaban J connectivity index is 2.36. The van der Waals surface area contributed by atoms with Gasteiger partial charge < -0.3 is 40.3 Å². The third-order valence-corrected chi connectivity index (χ3v) is 10.0. The molecule has 0 radical (unpaired) electrons. The van der Waals surface area contributed by atoms with Crippen LogP contribution in [-0.2, 0) is 14.3 Å². The average molecular weight is 726 g/mol. The summed E-state index contributed by atoms with van der Waals surface area (Å²) in [6.07, 6.45) is 30.9. The lowest BCUT2D eigenvalue weighted by atomic mass is 9.99. The number of unbranched alkanes of at least 4 members (excludes halogenated alkanes) is 22. The van der Waals surface area contributed by atoms with Crippen molar-refractivity contribution < 1.29 is 39.8 Å². The summed E-state index contributed by atoms with van der Waals surface area (Å²) in [5, 5.41) is 53.9. The van der Waals surface area contributed by atoms with Crippen LogP contribution in [0.2, 0.25) is 0 Å². The molecule has 1 heterocycles. The topological polar surface area (TPSA) is 149 Å². The van der Waals surface area contributed by atoms with Crippen LogP contribution >= 0.6 is 0 Å². The van der Waals surface area contributed by atoms with Crippen LogP contribution < -0.4 is 5.32 Å². The molecule has 0 aromatic heterocycles. The van der Waals surface area contributed by atoms with E-state index in [9.17, 15) is 30.3 Å². The summed E-state index contributed by atoms with van der Waals surface area (Å²) in [6, 6.07) is -0.814. The molecule has 1 saturated heterocycles. The Morgan fingerprint density at radius 2 is 1.12 bits per heavy atom. The fourth-order valence-electron chi connectivity index (χ4n) is 6.58. The largest absolute Gasteiger partial charge is 0.394 e. The second-order valence-electron chi connectivity index (χ2n) is 14.8. The van der Waals surface area contributed by atoms with Gasteiger partial charge >= 0.3 is 0 Å². The molecule has 0 aliphatic carbocycles. The molecule has 9 heteroatoms. The quantitative estimate of drug-likeness (QED) is 0.0289. The smallest absolute Gasteiger partial charge is 0.220 e. The highest BCUT2D eigenvalue weighted by Gasteiger charge is 2.44. The zero-order valence-corrected chi connectivity index (χ0v) is 32.6. The second kappa shape index (κ2) is 33.3. The first kappa shape index (κ1) is 47.7. The lowest BCUT2D eigenvalue weighted by molar-refractivity contribution is -0.302. The SMILES string of the molecule is CCCCCC/C=C/CC/C=C/C(O)C(COC1OC(CO)C(O)C(O)C1O)NC(=O)CCCCCCCCCCCCCCCCCCCC. The number of hydrogen-bond acceptors (Lipinski definition) is 8. The van der Waals surface area contributed by atoms with Gasteiger partial charge in [-0.2, -0.15) is 0 Å². The van der Waals surface area contributed by atoms with Crippen molar-refractivity contribution in [2.45, 2.75) is 224 Å². The summed E-state index contributed by atoms with van der Waals surface area (Å²) in [6.45, 7) is 3.71. The van der Waals surface area contributed by atoms with Gasteiger partial charge in [0.1, 0.15) is 24.4 Å². The maximum atomic E-state index is 12.9. The molecule has 1 rings (SSSR count). The molecule has 0 aromatic rings. The van der Waals surface area contributed by atoms with Gasteiger partial charge in [-0.25, -0.2) is 0 Å². The number of allylic oxidation sites excluding steroid dienone is 3. The van der Waals surface area contributed by atoms with Gasteiger partial charge in [0, 0.05) is 6.42 Å². The summed E-state index contributed by atoms with van der Waals surface area (Å²) in [4.78, 5) is 12.9. The van der Waals surface area contributed by atoms with Crippen molar-refractivity contribution in [2.24, 2.45) is 0 Å². The number of hydrogen-bond donors (Lipinski definition) is 6. The van der Waals surface area contributed by atoms with E-state index in [4.69, 9.17) is 9.47 Å². The van der Waals surface area contributed by atoms with Gasteiger partial charge in [0.25, 0.3) is 0 Å². The molecular formula is C42H79NO8. The molecule has 9 nitrogen and oxygen atoms in total. The average Bonchev–Trinajstić information content (AvgIpc) is 3.13. The minimum absolute atomic E-state index is 0.188. The van der Waals surface area contributed by atoms with Crippen molar-refractivity contribution >= 4 is 5.91 Å². The van der Waals surface area contributed by atoms with Gasteiger partial charge in [0.15, 0.2) is 6.29 Å². The van der Waals surface area contributed by atoms with E-state index in [1.807, 2.05) is 6.08 Å². The summed E-state index contributed by atoms with van der Waals surface area (Å²) in [5.41, 5.74) is 0. The Kier molecular flexibility index (Phi) is 31.1. The van der Waals surface area contributed by atoms with Crippen LogP contribution in [0, 0.1) is 0 Å². The molecule has 7 atom stereocenters. The number of rotatable bonds is 34. The van der Waals surface area contributed by atoms with Gasteiger partial charge in [0.05, 0.1) is 25.4 Å².